The van der Waals surface area contributed by atoms with Gasteiger partial charge in [0.2, 0.25) is 0 Å². The number of benzene rings is 1. The van der Waals surface area contributed by atoms with Crippen LogP contribution in [0.1, 0.15) is 59.9 Å². The van der Waals surface area contributed by atoms with Gasteiger partial charge in [-0.15, -0.1) is 0 Å². The van der Waals surface area contributed by atoms with Crippen molar-refractivity contribution in [2.24, 2.45) is 5.92 Å². The number of halogens is 3. The van der Waals surface area contributed by atoms with Gasteiger partial charge in [0.15, 0.2) is 0 Å². The van der Waals surface area contributed by atoms with E-state index in [-0.39, 0.29) is 6.67 Å². The van der Waals surface area contributed by atoms with E-state index in [1.165, 1.54) is 18.6 Å². The van der Waals surface area contributed by atoms with E-state index in [2.05, 4.69) is 18.7 Å². The molecule has 0 unspecified atom stereocenters. The zero-order chi connectivity index (χ0) is 19.0. The van der Waals surface area contributed by atoms with Crippen LogP contribution in [0.3, 0.4) is 0 Å². The van der Waals surface area contributed by atoms with Crippen molar-refractivity contribution < 1.29 is 13.2 Å². The van der Waals surface area contributed by atoms with Crippen LogP contribution >= 0.6 is 0 Å². The third kappa shape index (κ3) is 11.5. The second-order valence-corrected chi connectivity index (χ2v) is 5.36. The van der Waals surface area contributed by atoms with Crippen LogP contribution in [0.25, 0.3) is 0 Å². The maximum absolute atomic E-state index is 13.0. The van der Waals surface area contributed by atoms with E-state index in [1.54, 1.807) is 0 Å². The van der Waals surface area contributed by atoms with Crippen molar-refractivity contribution >= 4 is 0 Å². The Balaban J connectivity index is 0. The van der Waals surface area contributed by atoms with Gasteiger partial charge in [0.05, 0.1) is 6.67 Å². The van der Waals surface area contributed by atoms with E-state index < -0.39 is 11.6 Å². The third-order valence-electron chi connectivity index (χ3n) is 3.09. The normalized spacial score (nSPS) is 13.4. The monoisotopic (exact) mass is 347 g/mol. The topological polar surface area (TPSA) is 3.24 Å². The molecule has 0 atom stereocenters. The van der Waals surface area contributed by atoms with Crippen LogP contribution in [0.5, 0.6) is 0 Å². The smallest absolute Gasteiger partial charge is 0.126 e. The number of alkyl halides is 1. The van der Waals surface area contributed by atoms with Gasteiger partial charge in [0.1, 0.15) is 11.6 Å². The number of rotatable bonds is 5. The quantitative estimate of drug-likeness (QED) is 0.607. The summed E-state index contributed by atoms with van der Waals surface area (Å²) in [4.78, 5) is 2.17. The molecule has 0 aliphatic carbocycles. The molecule has 24 heavy (non-hydrogen) atoms. The van der Waals surface area contributed by atoms with E-state index in [0.29, 0.717) is 24.3 Å². The Hall–Kier alpha value is -1.03. The number of nitrogens with zero attached hydrogens (tertiary/aromatic N) is 1. The molecule has 0 spiro atoms. The average molecular weight is 348 g/mol. The second kappa shape index (κ2) is 16.8. The minimum absolute atomic E-state index is 0.281. The van der Waals surface area contributed by atoms with Crippen molar-refractivity contribution in [1.82, 2.24) is 4.90 Å². The maximum atomic E-state index is 13.0. The lowest BCUT2D eigenvalue weighted by atomic mass is 9.92. The summed E-state index contributed by atoms with van der Waals surface area (Å²) in [6.45, 7) is 14.6. The van der Waals surface area contributed by atoms with Gasteiger partial charge in [-0.2, -0.15) is 0 Å². The summed E-state index contributed by atoms with van der Waals surface area (Å²) in [5.41, 5.74) is 0.706. The summed E-state index contributed by atoms with van der Waals surface area (Å²) in [6.07, 6.45) is 2.52. The van der Waals surface area contributed by atoms with Crippen molar-refractivity contribution in [3.63, 3.8) is 0 Å². The molecule has 4 heteroatoms. The van der Waals surface area contributed by atoms with Crippen LogP contribution in [-0.2, 0) is 6.42 Å². The van der Waals surface area contributed by atoms with Crippen LogP contribution in [0, 0.1) is 17.6 Å². The predicted octanol–water partition coefficient (Wildman–Crippen LogP) is 6.27. The fourth-order valence-corrected chi connectivity index (χ4v) is 2.33. The Morgan fingerprint density at radius 2 is 1.42 bits per heavy atom. The second-order valence-electron chi connectivity index (χ2n) is 5.36. The summed E-state index contributed by atoms with van der Waals surface area (Å²) in [6, 6.07) is 3.65. The lowest BCUT2D eigenvalue weighted by Crippen LogP contribution is -2.47. The first-order valence-corrected chi connectivity index (χ1v) is 9.32. The van der Waals surface area contributed by atoms with Gasteiger partial charge >= 0.3 is 0 Å². The maximum Gasteiger partial charge on any atom is 0.126 e. The summed E-state index contributed by atoms with van der Waals surface area (Å²) in [7, 11) is 0. The molecule has 142 valence electrons. The van der Waals surface area contributed by atoms with E-state index in [9.17, 15) is 13.2 Å². The highest BCUT2D eigenvalue weighted by atomic mass is 19.1. The molecule has 1 nitrogen and oxygen atoms in total. The van der Waals surface area contributed by atoms with Crippen LogP contribution < -0.4 is 0 Å². The molecule has 0 saturated carbocycles. The van der Waals surface area contributed by atoms with Crippen molar-refractivity contribution in [2.75, 3.05) is 26.3 Å². The zero-order valence-electron chi connectivity index (χ0n) is 16.3. The van der Waals surface area contributed by atoms with Crippen LogP contribution in [0.15, 0.2) is 18.2 Å². The SMILES string of the molecule is CC.CC.CCC.FCCCN1CC(Cc2cc(F)cc(F)c2)C1. The minimum atomic E-state index is -0.520. The lowest BCUT2D eigenvalue weighted by molar-refractivity contribution is 0.0967. The van der Waals surface area contributed by atoms with Crippen molar-refractivity contribution in [3.05, 3.63) is 35.4 Å². The molecule has 1 aromatic carbocycles. The Bertz CT molecular complexity index is 370. The first-order chi connectivity index (χ1) is 11.6. The van der Waals surface area contributed by atoms with Crippen molar-refractivity contribution in [2.45, 2.75) is 60.8 Å². The van der Waals surface area contributed by atoms with Crippen LogP contribution in [0.2, 0.25) is 0 Å². The van der Waals surface area contributed by atoms with Gasteiger partial charge in [-0.05, 0) is 36.5 Å². The molecule has 1 aliphatic heterocycles. The molecular formula is C20H36F3N. The molecule has 0 N–H and O–H groups in total. The van der Waals surface area contributed by atoms with Crippen molar-refractivity contribution in [1.29, 1.82) is 0 Å². The zero-order valence-corrected chi connectivity index (χ0v) is 16.3. The third-order valence-corrected chi connectivity index (χ3v) is 3.09. The fraction of sp³-hybridized carbons (Fsp3) is 0.700. The van der Waals surface area contributed by atoms with E-state index in [1.807, 2.05) is 27.7 Å². The first kappa shape index (κ1) is 25.2. The van der Waals surface area contributed by atoms with Crippen molar-refractivity contribution in [3.8, 4) is 0 Å². The Morgan fingerprint density at radius 1 is 0.958 bits per heavy atom. The van der Waals surface area contributed by atoms with E-state index >= 15 is 0 Å². The van der Waals surface area contributed by atoms with Gasteiger partial charge in [-0.3, -0.25) is 4.39 Å². The lowest BCUT2D eigenvalue weighted by Gasteiger charge is -2.39. The summed E-state index contributed by atoms with van der Waals surface area (Å²) in [5.74, 6) is -0.599. The Kier molecular flexibility index (Phi) is 17.7. The number of hydrogen-bond donors (Lipinski definition) is 0. The summed E-state index contributed by atoms with van der Waals surface area (Å²) < 4.78 is 37.8. The van der Waals surface area contributed by atoms with Crippen LogP contribution in [0.4, 0.5) is 13.2 Å². The highest BCUT2D eigenvalue weighted by Gasteiger charge is 2.26. The van der Waals surface area contributed by atoms with Gasteiger partial charge in [0.25, 0.3) is 0 Å². The molecular weight excluding hydrogens is 311 g/mol. The Morgan fingerprint density at radius 3 is 1.83 bits per heavy atom. The predicted molar refractivity (Wildman–Crippen MR) is 99.2 cm³/mol. The molecule has 1 heterocycles. The largest absolute Gasteiger partial charge is 0.303 e. The molecule has 1 aliphatic rings. The summed E-state index contributed by atoms with van der Waals surface area (Å²) in [5, 5.41) is 0. The molecule has 1 saturated heterocycles. The number of likely N-dealkylation sites (tertiary alicyclic amines) is 1. The molecule has 0 amide bonds. The van der Waals surface area contributed by atoms with E-state index in [4.69, 9.17) is 0 Å². The molecule has 2 rings (SSSR count). The first-order valence-electron chi connectivity index (χ1n) is 9.32. The van der Waals surface area contributed by atoms with Gasteiger partial charge in [-0.25, -0.2) is 8.78 Å². The molecule has 1 fully saturated rings. The van der Waals surface area contributed by atoms with Gasteiger partial charge < -0.3 is 4.90 Å². The number of hydrogen-bond acceptors (Lipinski definition) is 1. The highest BCUT2D eigenvalue weighted by Crippen LogP contribution is 2.21. The van der Waals surface area contributed by atoms with Gasteiger partial charge in [0, 0.05) is 25.7 Å². The average Bonchev–Trinajstić information content (AvgIpc) is 2.53. The standard InChI is InChI=1S/C13H16F3N.C3H8.2C2H6/c14-2-1-3-17-8-11(9-17)4-10-5-12(15)7-13(16)6-10;1-3-2;2*1-2/h5-7,11H,1-4,8-9H2;3H2,1-2H3;2*1-2H3. The molecule has 0 bridgehead atoms. The van der Waals surface area contributed by atoms with Gasteiger partial charge in [-0.1, -0.05) is 48.0 Å². The van der Waals surface area contributed by atoms with Crippen LogP contribution in [-0.4, -0.2) is 31.2 Å². The highest BCUT2D eigenvalue weighted by molar-refractivity contribution is 5.19. The minimum Gasteiger partial charge on any atom is -0.303 e. The summed E-state index contributed by atoms with van der Waals surface area (Å²) >= 11 is 0. The molecule has 0 aromatic heterocycles. The molecule has 1 aromatic rings. The fourth-order valence-electron chi connectivity index (χ4n) is 2.33. The Labute approximate surface area is 147 Å². The molecule has 0 radical (unpaired) electrons. The van der Waals surface area contributed by atoms with E-state index in [0.717, 1.165) is 25.7 Å².